The minimum absolute atomic E-state index is 0.371. The maximum Gasteiger partial charge on any atom is 0.296 e. The summed E-state index contributed by atoms with van der Waals surface area (Å²) in [4.78, 5) is 27.5. The topological polar surface area (TPSA) is 52.7 Å². The zero-order chi connectivity index (χ0) is 14.3. The quantitative estimate of drug-likeness (QED) is 0.800. The molecule has 20 heavy (non-hydrogen) atoms. The molecule has 0 spiro atoms. The summed E-state index contributed by atoms with van der Waals surface area (Å²) < 4.78 is 0. The largest absolute Gasteiger partial charge is 0.369 e. The highest BCUT2D eigenvalue weighted by molar-refractivity contribution is 6.52. The van der Waals surface area contributed by atoms with Gasteiger partial charge in [-0.15, -0.1) is 0 Å². The molecule has 0 aromatic heterocycles. The van der Waals surface area contributed by atoms with E-state index in [9.17, 15) is 9.59 Å². The highest BCUT2D eigenvalue weighted by atomic mass is 35.5. The lowest BCUT2D eigenvalue weighted by atomic mass is 10.1. The molecule has 1 N–H and O–H groups in total. The van der Waals surface area contributed by atoms with Crippen LogP contribution in [-0.4, -0.2) is 49.8 Å². The van der Waals surface area contributed by atoms with E-state index in [4.69, 9.17) is 11.6 Å². The Balaban J connectivity index is 1.93. The molecule has 0 atom stereocenters. The van der Waals surface area contributed by atoms with Gasteiger partial charge in [-0.2, -0.15) is 0 Å². The number of amides is 1. The number of nitrogens with zero attached hydrogens (tertiary/aromatic N) is 2. The molecule has 5 nitrogen and oxygen atoms in total. The fraction of sp³-hybridized carbons (Fsp3) is 0.429. The van der Waals surface area contributed by atoms with Crippen LogP contribution in [0.5, 0.6) is 0 Å². The number of rotatable bonds is 1. The van der Waals surface area contributed by atoms with E-state index in [2.05, 4.69) is 22.2 Å². The van der Waals surface area contributed by atoms with Crippen molar-refractivity contribution in [1.29, 1.82) is 0 Å². The van der Waals surface area contributed by atoms with Gasteiger partial charge < -0.3 is 15.1 Å². The Morgan fingerprint density at radius 3 is 2.75 bits per heavy atom. The predicted molar refractivity (Wildman–Crippen MR) is 78.7 cm³/mol. The SMILES string of the molecule is CN1CCCN(c2cc3c(cc2Cl)C(=O)C(=O)N3)CC1. The van der Waals surface area contributed by atoms with E-state index in [1.807, 2.05) is 6.07 Å². The molecule has 1 amide bonds. The van der Waals surface area contributed by atoms with Gasteiger partial charge in [0.05, 0.1) is 22.0 Å². The van der Waals surface area contributed by atoms with Gasteiger partial charge in [0.2, 0.25) is 0 Å². The van der Waals surface area contributed by atoms with Gasteiger partial charge in [0.15, 0.2) is 0 Å². The number of carbonyl (C=O) groups is 2. The first kappa shape index (κ1) is 13.4. The minimum atomic E-state index is -0.580. The molecule has 1 saturated heterocycles. The maximum absolute atomic E-state index is 11.6. The van der Waals surface area contributed by atoms with E-state index in [0.29, 0.717) is 16.3 Å². The second kappa shape index (κ2) is 5.07. The number of benzene rings is 1. The lowest BCUT2D eigenvalue weighted by Gasteiger charge is -2.24. The van der Waals surface area contributed by atoms with Crippen molar-refractivity contribution in [3.63, 3.8) is 0 Å². The van der Waals surface area contributed by atoms with Crippen molar-refractivity contribution >= 4 is 34.7 Å². The first-order valence-corrected chi connectivity index (χ1v) is 7.07. The average Bonchev–Trinajstić information content (AvgIpc) is 2.60. The van der Waals surface area contributed by atoms with Crippen LogP contribution in [0.4, 0.5) is 11.4 Å². The van der Waals surface area contributed by atoms with E-state index in [1.165, 1.54) is 0 Å². The zero-order valence-corrected chi connectivity index (χ0v) is 12.0. The van der Waals surface area contributed by atoms with E-state index in [0.717, 1.165) is 38.3 Å². The van der Waals surface area contributed by atoms with Crippen molar-refractivity contribution in [2.75, 3.05) is 43.4 Å². The van der Waals surface area contributed by atoms with Crippen LogP contribution < -0.4 is 10.2 Å². The number of carbonyl (C=O) groups excluding carboxylic acids is 2. The van der Waals surface area contributed by atoms with Gasteiger partial charge in [0.25, 0.3) is 11.7 Å². The van der Waals surface area contributed by atoms with Crippen LogP contribution in [0, 0.1) is 0 Å². The third-order valence-electron chi connectivity index (χ3n) is 3.85. The molecule has 2 heterocycles. The van der Waals surface area contributed by atoms with E-state index in [1.54, 1.807) is 6.07 Å². The number of halogens is 1. The Morgan fingerprint density at radius 1 is 1.15 bits per heavy atom. The number of nitrogens with one attached hydrogen (secondary N) is 1. The van der Waals surface area contributed by atoms with Gasteiger partial charge in [0, 0.05) is 19.6 Å². The Bertz CT molecular complexity index is 588. The number of ketones is 1. The van der Waals surface area contributed by atoms with E-state index in [-0.39, 0.29) is 0 Å². The summed E-state index contributed by atoms with van der Waals surface area (Å²) in [5.41, 5.74) is 1.82. The van der Waals surface area contributed by atoms with Crippen molar-refractivity contribution in [1.82, 2.24) is 4.90 Å². The normalized spacial score (nSPS) is 19.8. The third kappa shape index (κ3) is 2.27. The average molecular weight is 294 g/mol. The van der Waals surface area contributed by atoms with Crippen LogP contribution in [0.15, 0.2) is 12.1 Å². The second-order valence-corrected chi connectivity index (χ2v) is 5.68. The summed E-state index contributed by atoms with van der Waals surface area (Å²) in [7, 11) is 2.10. The lowest BCUT2D eigenvalue weighted by molar-refractivity contribution is -0.112. The summed E-state index contributed by atoms with van der Waals surface area (Å²) in [6.45, 7) is 3.84. The first-order chi connectivity index (χ1) is 9.56. The monoisotopic (exact) mass is 293 g/mol. The molecule has 0 radical (unpaired) electrons. The molecule has 6 heteroatoms. The number of hydrogen-bond donors (Lipinski definition) is 1. The Morgan fingerprint density at radius 2 is 1.95 bits per heavy atom. The highest BCUT2D eigenvalue weighted by Crippen LogP contribution is 2.35. The fourth-order valence-electron chi connectivity index (χ4n) is 2.68. The highest BCUT2D eigenvalue weighted by Gasteiger charge is 2.30. The van der Waals surface area contributed by atoms with Gasteiger partial charge in [-0.05, 0) is 32.1 Å². The summed E-state index contributed by atoms with van der Waals surface area (Å²) in [6, 6.07) is 3.41. The molecule has 2 aliphatic heterocycles. The summed E-state index contributed by atoms with van der Waals surface area (Å²) in [6.07, 6.45) is 1.06. The molecular formula is C14H16ClN3O2. The van der Waals surface area contributed by atoms with Crippen LogP contribution in [0.2, 0.25) is 5.02 Å². The predicted octanol–water partition coefficient (Wildman–Crippen LogP) is 1.62. The van der Waals surface area contributed by atoms with Gasteiger partial charge >= 0.3 is 0 Å². The molecule has 0 unspecified atom stereocenters. The standard InChI is InChI=1S/C14H16ClN3O2/c1-17-3-2-4-18(6-5-17)12-8-11-9(7-10(12)15)13(19)14(20)16-11/h7-8H,2-6H2,1H3,(H,16,19,20). The molecule has 1 aromatic carbocycles. The summed E-state index contributed by atoms with van der Waals surface area (Å²) in [5.74, 6) is -1.09. The molecule has 2 aliphatic rings. The van der Waals surface area contributed by atoms with Crippen molar-refractivity contribution in [2.24, 2.45) is 0 Å². The number of anilines is 2. The molecule has 1 fully saturated rings. The summed E-state index contributed by atoms with van der Waals surface area (Å²) in [5, 5.41) is 3.12. The molecule has 0 aliphatic carbocycles. The lowest BCUT2D eigenvalue weighted by Crippen LogP contribution is -2.29. The van der Waals surface area contributed by atoms with Crippen molar-refractivity contribution in [2.45, 2.75) is 6.42 Å². The Hall–Kier alpha value is -1.59. The number of Topliss-reactive ketones (excluding diaryl/α,β-unsaturated/α-hetero) is 1. The van der Waals surface area contributed by atoms with E-state index >= 15 is 0 Å². The van der Waals surface area contributed by atoms with Crippen molar-refractivity contribution in [3.05, 3.63) is 22.7 Å². The van der Waals surface area contributed by atoms with Crippen molar-refractivity contribution < 1.29 is 9.59 Å². The second-order valence-electron chi connectivity index (χ2n) is 5.28. The fourth-order valence-corrected chi connectivity index (χ4v) is 2.97. The minimum Gasteiger partial charge on any atom is -0.369 e. The number of likely N-dealkylation sites (N-methyl/N-ethyl adjacent to an activating group) is 1. The van der Waals surface area contributed by atoms with Crippen molar-refractivity contribution in [3.8, 4) is 0 Å². The molecule has 0 bridgehead atoms. The van der Waals surface area contributed by atoms with Gasteiger partial charge in [-0.25, -0.2) is 0 Å². The number of fused-ring (bicyclic) bond motifs is 1. The first-order valence-electron chi connectivity index (χ1n) is 6.69. The van der Waals surface area contributed by atoms with E-state index < -0.39 is 11.7 Å². The van der Waals surface area contributed by atoms with Crippen LogP contribution in [0.25, 0.3) is 0 Å². The molecule has 3 rings (SSSR count). The van der Waals surface area contributed by atoms with Crippen LogP contribution in [0.3, 0.4) is 0 Å². The third-order valence-corrected chi connectivity index (χ3v) is 4.15. The number of hydrogen-bond acceptors (Lipinski definition) is 4. The van der Waals surface area contributed by atoms with Gasteiger partial charge in [-0.1, -0.05) is 11.6 Å². The smallest absolute Gasteiger partial charge is 0.296 e. The van der Waals surface area contributed by atoms with Crippen LogP contribution in [0.1, 0.15) is 16.8 Å². The molecular weight excluding hydrogens is 278 g/mol. The Kier molecular flexibility index (Phi) is 3.40. The maximum atomic E-state index is 11.6. The zero-order valence-electron chi connectivity index (χ0n) is 11.3. The van der Waals surface area contributed by atoms with Gasteiger partial charge in [-0.3, -0.25) is 9.59 Å². The molecule has 106 valence electrons. The Labute approximate surface area is 122 Å². The van der Waals surface area contributed by atoms with Crippen LogP contribution >= 0.6 is 11.6 Å². The summed E-state index contributed by atoms with van der Waals surface area (Å²) >= 11 is 6.30. The van der Waals surface area contributed by atoms with Crippen LogP contribution in [-0.2, 0) is 4.79 Å². The molecule has 1 aromatic rings. The van der Waals surface area contributed by atoms with Gasteiger partial charge in [0.1, 0.15) is 0 Å². The molecule has 0 saturated carbocycles.